The number of carbonyl (C=O) groups excluding carboxylic acids is 1. The van der Waals surface area contributed by atoms with Crippen LogP contribution >= 0.6 is 0 Å². The van der Waals surface area contributed by atoms with Gasteiger partial charge in [-0.25, -0.2) is 9.18 Å². The number of ether oxygens (including phenoxy) is 2. The third-order valence-corrected chi connectivity index (χ3v) is 4.12. The lowest BCUT2D eigenvalue weighted by Gasteiger charge is -2.26. The van der Waals surface area contributed by atoms with Crippen molar-refractivity contribution in [3.63, 3.8) is 0 Å². The van der Waals surface area contributed by atoms with E-state index in [0.29, 0.717) is 17.8 Å². The summed E-state index contributed by atoms with van der Waals surface area (Å²) >= 11 is 0. The Hall–Kier alpha value is -3.42. The van der Waals surface area contributed by atoms with Gasteiger partial charge in [-0.3, -0.25) is 15.0 Å². The van der Waals surface area contributed by atoms with Gasteiger partial charge in [0, 0.05) is 18.3 Å². The SMILES string of the molecule is CCN(C(=O)OC(C)(C)C)c1ccc(/C=C/c2ccc([N+](=O)[O-])c(OCCF)c2)cc1. The molecule has 0 radical (unpaired) electrons. The molecule has 166 valence electrons. The number of hydrogen-bond donors (Lipinski definition) is 0. The van der Waals surface area contributed by atoms with Crippen molar-refractivity contribution in [3.8, 4) is 5.75 Å². The maximum atomic E-state index is 12.4. The maximum Gasteiger partial charge on any atom is 0.414 e. The minimum Gasteiger partial charge on any atom is -0.484 e. The van der Waals surface area contributed by atoms with Crippen LogP contribution in [0, 0.1) is 10.1 Å². The van der Waals surface area contributed by atoms with Crippen LogP contribution in [0.25, 0.3) is 12.2 Å². The fraction of sp³-hybridized carbons (Fsp3) is 0.348. The Bertz CT molecular complexity index is 936. The van der Waals surface area contributed by atoms with E-state index >= 15 is 0 Å². The summed E-state index contributed by atoms with van der Waals surface area (Å²) in [4.78, 5) is 24.4. The van der Waals surface area contributed by atoms with Crippen LogP contribution in [0.1, 0.15) is 38.8 Å². The molecule has 2 aromatic rings. The van der Waals surface area contributed by atoms with E-state index in [1.165, 1.54) is 12.1 Å². The van der Waals surface area contributed by atoms with Crippen molar-refractivity contribution in [1.82, 2.24) is 0 Å². The molecule has 0 atom stereocenters. The van der Waals surface area contributed by atoms with Crippen molar-refractivity contribution in [3.05, 3.63) is 63.7 Å². The molecular formula is C23H27FN2O5. The van der Waals surface area contributed by atoms with Crippen LogP contribution in [-0.2, 0) is 4.74 Å². The van der Waals surface area contributed by atoms with Gasteiger partial charge in [0.05, 0.1) is 4.92 Å². The number of amides is 1. The first-order valence-electron chi connectivity index (χ1n) is 9.90. The Morgan fingerprint density at radius 1 is 1.13 bits per heavy atom. The second-order valence-electron chi connectivity index (χ2n) is 7.67. The van der Waals surface area contributed by atoms with Gasteiger partial charge in [-0.2, -0.15) is 0 Å². The van der Waals surface area contributed by atoms with Gasteiger partial charge in [-0.05, 0) is 63.1 Å². The second-order valence-corrected chi connectivity index (χ2v) is 7.67. The fourth-order valence-corrected chi connectivity index (χ4v) is 2.74. The van der Waals surface area contributed by atoms with E-state index in [1.807, 2.05) is 58.0 Å². The van der Waals surface area contributed by atoms with Crippen LogP contribution in [0.3, 0.4) is 0 Å². The van der Waals surface area contributed by atoms with Gasteiger partial charge < -0.3 is 9.47 Å². The first kappa shape index (κ1) is 23.9. The zero-order chi connectivity index (χ0) is 23.0. The molecule has 7 nitrogen and oxygen atoms in total. The van der Waals surface area contributed by atoms with Crippen LogP contribution in [-0.4, -0.2) is 36.4 Å². The summed E-state index contributed by atoms with van der Waals surface area (Å²) in [5.41, 5.74) is 1.47. The number of benzene rings is 2. The number of nitro benzene ring substituents is 1. The van der Waals surface area contributed by atoms with E-state index in [4.69, 9.17) is 9.47 Å². The van der Waals surface area contributed by atoms with E-state index in [-0.39, 0.29) is 18.0 Å². The molecule has 1 amide bonds. The molecule has 0 fully saturated rings. The average Bonchev–Trinajstić information content (AvgIpc) is 2.70. The number of alkyl halides is 1. The zero-order valence-electron chi connectivity index (χ0n) is 18.1. The summed E-state index contributed by atoms with van der Waals surface area (Å²) in [6.07, 6.45) is 3.19. The van der Waals surface area contributed by atoms with Crippen LogP contribution in [0.5, 0.6) is 5.75 Å². The van der Waals surface area contributed by atoms with Crippen molar-refractivity contribution >= 4 is 29.6 Å². The number of hydrogen-bond acceptors (Lipinski definition) is 5. The highest BCUT2D eigenvalue weighted by atomic mass is 19.1. The zero-order valence-corrected chi connectivity index (χ0v) is 18.1. The lowest BCUT2D eigenvalue weighted by Crippen LogP contribution is -2.36. The molecule has 0 spiro atoms. The van der Waals surface area contributed by atoms with Crippen molar-refractivity contribution in [1.29, 1.82) is 0 Å². The Balaban J connectivity index is 2.16. The summed E-state index contributed by atoms with van der Waals surface area (Å²) in [5, 5.41) is 11.1. The normalized spacial score (nSPS) is 11.4. The molecule has 0 heterocycles. The Kier molecular flexibility index (Phi) is 8.13. The first-order chi connectivity index (χ1) is 14.6. The predicted octanol–water partition coefficient (Wildman–Crippen LogP) is 5.87. The first-order valence-corrected chi connectivity index (χ1v) is 9.90. The monoisotopic (exact) mass is 430 g/mol. The molecule has 8 heteroatoms. The van der Waals surface area contributed by atoms with Crippen LogP contribution < -0.4 is 9.64 Å². The number of nitrogens with zero attached hydrogens (tertiary/aromatic N) is 2. The standard InChI is InChI=1S/C23H27FN2O5/c1-5-25(22(27)31-23(2,3)4)19-11-8-17(9-12-19)6-7-18-10-13-20(26(28)29)21(16-18)30-15-14-24/h6-13,16H,5,14-15H2,1-4H3/b7-6+. The summed E-state index contributed by atoms with van der Waals surface area (Å²) in [6, 6.07) is 11.8. The highest BCUT2D eigenvalue weighted by Crippen LogP contribution is 2.29. The Morgan fingerprint density at radius 3 is 2.29 bits per heavy atom. The predicted molar refractivity (Wildman–Crippen MR) is 119 cm³/mol. The van der Waals surface area contributed by atoms with E-state index < -0.39 is 23.3 Å². The van der Waals surface area contributed by atoms with Gasteiger partial charge in [-0.1, -0.05) is 24.3 Å². The van der Waals surface area contributed by atoms with Crippen molar-refractivity contribution in [2.75, 3.05) is 24.7 Å². The third kappa shape index (κ3) is 7.09. The molecule has 2 rings (SSSR count). The molecule has 0 unspecified atom stereocenters. The van der Waals surface area contributed by atoms with E-state index in [0.717, 1.165) is 5.56 Å². The summed E-state index contributed by atoms with van der Waals surface area (Å²) in [7, 11) is 0. The van der Waals surface area contributed by atoms with Crippen LogP contribution in [0.2, 0.25) is 0 Å². The second kappa shape index (κ2) is 10.6. The van der Waals surface area contributed by atoms with Gasteiger partial charge in [0.15, 0.2) is 5.75 Å². The van der Waals surface area contributed by atoms with Gasteiger partial charge >= 0.3 is 11.8 Å². The van der Waals surface area contributed by atoms with Crippen molar-refractivity contribution < 1.29 is 23.6 Å². The molecule has 31 heavy (non-hydrogen) atoms. The molecule has 0 N–H and O–H groups in total. The molecule has 0 aliphatic heterocycles. The summed E-state index contributed by atoms with van der Waals surface area (Å²) < 4.78 is 23.0. The van der Waals surface area contributed by atoms with Gasteiger partial charge in [0.2, 0.25) is 0 Å². The molecule has 0 aliphatic rings. The molecule has 0 saturated heterocycles. The number of carbonyl (C=O) groups is 1. The molecule has 0 saturated carbocycles. The average molecular weight is 430 g/mol. The molecule has 0 bridgehead atoms. The summed E-state index contributed by atoms with van der Waals surface area (Å²) in [6.45, 7) is 6.81. The Morgan fingerprint density at radius 2 is 1.74 bits per heavy atom. The minimum atomic E-state index is -0.734. The largest absolute Gasteiger partial charge is 0.484 e. The van der Waals surface area contributed by atoms with Gasteiger partial charge in [0.1, 0.15) is 18.9 Å². The maximum absolute atomic E-state index is 12.4. The van der Waals surface area contributed by atoms with Gasteiger partial charge in [0.25, 0.3) is 0 Å². The van der Waals surface area contributed by atoms with E-state index in [2.05, 4.69) is 0 Å². The van der Waals surface area contributed by atoms with Crippen LogP contribution in [0.4, 0.5) is 20.6 Å². The molecular weight excluding hydrogens is 403 g/mol. The lowest BCUT2D eigenvalue weighted by atomic mass is 10.1. The topological polar surface area (TPSA) is 81.9 Å². The third-order valence-electron chi connectivity index (χ3n) is 4.12. The lowest BCUT2D eigenvalue weighted by molar-refractivity contribution is -0.385. The van der Waals surface area contributed by atoms with Gasteiger partial charge in [-0.15, -0.1) is 0 Å². The number of halogens is 1. The van der Waals surface area contributed by atoms with E-state index in [1.54, 1.807) is 17.0 Å². The molecule has 0 aliphatic carbocycles. The number of rotatable bonds is 8. The van der Waals surface area contributed by atoms with E-state index in [9.17, 15) is 19.3 Å². The molecule has 0 aromatic heterocycles. The van der Waals surface area contributed by atoms with Crippen molar-refractivity contribution in [2.45, 2.75) is 33.3 Å². The fourth-order valence-electron chi connectivity index (χ4n) is 2.74. The highest BCUT2D eigenvalue weighted by Gasteiger charge is 2.22. The number of anilines is 1. The smallest absolute Gasteiger partial charge is 0.414 e. The highest BCUT2D eigenvalue weighted by molar-refractivity contribution is 5.88. The number of nitro groups is 1. The quantitative estimate of drug-likeness (QED) is 0.297. The Labute approximate surface area is 181 Å². The van der Waals surface area contributed by atoms with Crippen molar-refractivity contribution in [2.24, 2.45) is 0 Å². The summed E-state index contributed by atoms with van der Waals surface area (Å²) in [5.74, 6) is 0.0242. The minimum absolute atomic E-state index is 0.0242. The molecule has 2 aromatic carbocycles. The van der Waals surface area contributed by atoms with Crippen LogP contribution in [0.15, 0.2) is 42.5 Å².